The number of hydrogen-bond donors (Lipinski definition) is 0. The van der Waals surface area contributed by atoms with Crippen molar-refractivity contribution in [1.29, 1.82) is 0 Å². The van der Waals surface area contributed by atoms with Gasteiger partial charge in [-0.2, -0.15) is 0 Å². The molecule has 6 heteroatoms. The number of morpholine rings is 1. The van der Waals surface area contributed by atoms with Crippen molar-refractivity contribution in [2.75, 3.05) is 19.7 Å². The summed E-state index contributed by atoms with van der Waals surface area (Å²) in [5, 5.41) is 1.21. The average Bonchev–Trinajstić information content (AvgIpc) is 2.80. The van der Waals surface area contributed by atoms with Gasteiger partial charge >= 0.3 is 0 Å². The first-order chi connectivity index (χ1) is 14.4. The Balaban J connectivity index is 1.36. The predicted molar refractivity (Wildman–Crippen MR) is 111 cm³/mol. The molecule has 4 heterocycles. The van der Waals surface area contributed by atoms with Crippen LogP contribution in [0.5, 0.6) is 0 Å². The highest BCUT2D eigenvalue weighted by Gasteiger charge is 2.24. The number of pyridine rings is 2. The highest BCUT2D eigenvalue weighted by Crippen LogP contribution is 2.26. The topological polar surface area (TPSA) is 64.0 Å². The molecule has 144 valence electrons. The lowest BCUT2D eigenvalue weighted by molar-refractivity contribution is -0.0348. The monoisotopic (exact) mass is 383 g/mol. The summed E-state index contributed by atoms with van der Waals surface area (Å²) in [6.07, 6.45) is 6.87. The SMILES string of the molecule is c1cc(-c2cncnc2)nc([C@H]2CN(Cc3cccc4ncccc34)CCO2)c1. The zero-order valence-electron chi connectivity index (χ0n) is 16.0. The van der Waals surface area contributed by atoms with E-state index in [0.717, 1.165) is 42.1 Å². The molecule has 6 nitrogen and oxygen atoms in total. The summed E-state index contributed by atoms with van der Waals surface area (Å²) in [6, 6.07) is 16.5. The van der Waals surface area contributed by atoms with Crippen LogP contribution in [-0.4, -0.2) is 44.5 Å². The second-order valence-corrected chi connectivity index (χ2v) is 7.16. The largest absolute Gasteiger partial charge is 0.369 e. The number of fused-ring (bicyclic) bond motifs is 1. The molecule has 1 fully saturated rings. The van der Waals surface area contributed by atoms with Gasteiger partial charge in [0.1, 0.15) is 12.4 Å². The Morgan fingerprint density at radius 2 is 1.90 bits per heavy atom. The third-order valence-electron chi connectivity index (χ3n) is 5.24. The van der Waals surface area contributed by atoms with Crippen molar-refractivity contribution in [3.63, 3.8) is 0 Å². The molecule has 0 radical (unpaired) electrons. The quantitative estimate of drug-likeness (QED) is 0.536. The van der Waals surface area contributed by atoms with Crippen LogP contribution < -0.4 is 0 Å². The molecule has 0 aliphatic carbocycles. The van der Waals surface area contributed by atoms with E-state index in [1.54, 1.807) is 12.4 Å². The molecule has 0 spiro atoms. The van der Waals surface area contributed by atoms with Gasteiger partial charge < -0.3 is 4.74 Å². The lowest BCUT2D eigenvalue weighted by Gasteiger charge is -2.33. The van der Waals surface area contributed by atoms with Crippen LogP contribution in [0.25, 0.3) is 22.2 Å². The lowest BCUT2D eigenvalue weighted by atomic mass is 10.1. The molecule has 3 aromatic heterocycles. The lowest BCUT2D eigenvalue weighted by Crippen LogP contribution is -2.38. The van der Waals surface area contributed by atoms with Crippen LogP contribution in [0.3, 0.4) is 0 Å². The van der Waals surface area contributed by atoms with E-state index in [1.165, 1.54) is 17.3 Å². The molecule has 1 aliphatic heterocycles. The molecule has 0 amide bonds. The van der Waals surface area contributed by atoms with Crippen molar-refractivity contribution >= 4 is 10.9 Å². The van der Waals surface area contributed by atoms with Crippen molar-refractivity contribution in [3.8, 4) is 11.3 Å². The number of ether oxygens (including phenoxy) is 1. The number of benzene rings is 1. The summed E-state index contributed by atoms with van der Waals surface area (Å²) in [5.74, 6) is 0. The van der Waals surface area contributed by atoms with E-state index in [2.05, 4.69) is 44.1 Å². The van der Waals surface area contributed by atoms with Gasteiger partial charge in [-0.1, -0.05) is 24.3 Å². The van der Waals surface area contributed by atoms with Crippen LogP contribution in [0, 0.1) is 0 Å². The van der Waals surface area contributed by atoms with Crippen molar-refractivity contribution in [1.82, 2.24) is 24.8 Å². The molecule has 0 saturated carbocycles. The fourth-order valence-electron chi connectivity index (χ4n) is 3.79. The Kier molecular flexibility index (Phi) is 4.94. The molecular formula is C23H21N5O. The summed E-state index contributed by atoms with van der Waals surface area (Å²) in [4.78, 5) is 19.9. The highest BCUT2D eigenvalue weighted by atomic mass is 16.5. The zero-order valence-corrected chi connectivity index (χ0v) is 16.0. The fourth-order valence-corrected chi connectivity index (χ4v) is 3.79. The van der Waals surface area contributed by atoms with Gasteiger partial charge in [0, 0.05) is 49.2 Å². The second-order valence-electron chi connectivity index (χ2n) is 7.16. The first-order valence-corrected chi connectivity index (χ1v) is 9.76. The van der Waals surface area contributed by atoms with E-state index < -0.39 is 0 Å². The van der Waals surface area contributed by atoms with E-state index in [-0.39, 0.29) is 6.10 Å². The Hall–Kier alpha value is -3.22. The molecule has 29 heavy (non-hydrogen) atoms. The van der Waals surface area contributed by atoms with Gasteiger partial charge in [-0.25, -0.2) is 15.0 Å². The van der Waals surface area contributed by atoms with Crippen LogP contribution >= 0.6 is 0 Å². The van der Waals surface area contributed by atoms with Crippen molar-refractivity contribution in [2.45, 2.75) is 12.6 Å². The minimum absolute atomic E-state index is 0.0542. The second kappa shape index (κ2) is 8.03. The first kappa shape index (κ1) is 17.8. The fraction of sp³-hybridized carbons (Fsp3) is 0.217. The summed E-state index contributed by atoms with van der Waals surface area (Å²) in [5.41, 5.74) is 5.04. The maximum absolute atomic E-state index is 6.06. The Bertz CT molecular complexity index is 1110. The molecule has 0 bridgehead atoms. The molecular weight excluding hydrogens is 362 g/mol. The van der Waals surface area contributed by atoms with Gasteiger partial charge in [-0.3, -0.25) is 9.88 Å². The Morgan fingerprint density at radius 3 is 2.83 bits per heavy atom. The molecule has 1 saturated heterocycles. The van der Waals surface area contributed by atoms with Crippen molar-refractivity contribution in [2.24, 2.45) is 0 Å². The van der Waals surface area contributed by atoms with E-state index in [4.69, 9.17) is 9.72 Å². The maximum Gasteiger partial charge on any atom is 0.115 e. The zero-order chi connectivity index (χ0) is 19.5. The average molecular weight is 383 g/mol. The van der Waals surface area contributed by atoms with E-state index in [0.29, 0.717) is 6.61 Å². The first-order valence-electron chi connectivity index (χ1n) is 9.76. The van der Waals surface area contributed by atoms with Crippen LogP contribution in [0.1, 0.15) is 17.4 Å². The van der Waals surface area contributed by atoms with Gasteiger partial charge in [0.05, 0.1) is 23.5 Å². The van der Waals surface area contributed by atoms with Gasteiger partial charge in [-0.15, -0.1) is 0 Å². The summed E-state index contributed by atoms with van der Waals surface area (Å²) >= 11 is 0. The number of rotatable bonds is 4. The van der Waals surface area contributed by atoms with Gasteiger partial charge in [-0.05, 0) is 29.8 Å². The molecule has 0 unspecified atom stereocenters. The minimum Gasteiger partial charge on any atom is -0.369 e. The van der Waals surface area contributed by atoms with E-state index in [1.807, 2.05) is 30.5 Å². The predicted octanol–water partition coefficient (Wildman–Crippen LogP) is 3.66. The maximum atomic E-state index is 6.06. The number of nitrogens with zero attached hydrogens (tertiary/aromatic N) is 5. The Morgan fingerprint density at radius 1 is 1.00 bits per heavy atom. The third-order valence-corrected chi connectivity index (χ3v) is 5.24. The molecule has 1 atom stereocenters. The third kappa shape index (κ3) is 3.85. The van der Waals surface area contributed by atoms with Crippen LogP contribution in [0.15, 0.2) is 73.4 Å². The van der Waals surface area contributed by atoms with E-state index in [9.17, 15) is 0 Å². The Labute approximate surface area is 169 Å². The van der Waals surface area contributed by atoms with Crippen LogP contribution in [0.4, 0.5) is 0 Å². The normalized spacial score (nSPS) is 17.4. The standard InChI is InChI=1S/C23H21N5O/c1-4-17(19-5-3-9-26-21(19)7-1)14-28-10-11-29-23(15-28)22-8-2-6-20(27-22)18-12-24-16-25-13-18/h1-9,12-13,16,23H,10-11,14-15H2/t23-/m1/s1. The summed E-state index contributed by atoms with van der Waals surface area (Å²) in [6.45, 7) is 3.26. The summed E-state index contributed by atoms with van der Waals surface area (Å²) in [7, 11) is 0. The van der Waals surface area contributed by atoms with Crippen LogP contribution in [-0.2, 0) is 11.3 Å². The highest BCUT2D eigenvalue weighted by molar-refractivity contribution is 5.81. The van der Waals surface area contributed by atoms with Gasteiger partial charge in [0.2, 0.25) is 0 Å². The molecule has 1 aromatic carbocycles. The number of aromatic nitrogens is 4. The molecule has 0 N–H and O–H groups in total. The summed E-state index contributed by atoms with van der Waals surface area (Å²) < 4.78 is 6.06. The smallest absolute Gasteiger partial charge is 0.115 e. The molecule has 1 aliphatic rings. The van der Waals surface area contributed by atoms with Crippen molar-refractivity contribution in [3.05, 3.63) is 84.7 Å². The van der Waals surface area contributed by atoms with E-state index >= 15 is 0 Å². The number of hydrogen-bond acceptors (Lipinski definition) is 6. The van der Waals surface area contributed by atoms with Crippen molar-refractivity contribution < 1.29 is 4.74 Å². The van der Waals surface area contributed by atoms with Crippen LogP contribution in [0.2, 0.25) is 0 Å². The minimum atomic E-state index is -0.0542. The van der Waals surface area contributed by atoms with Gasteiger partial charge in [0.25, 0.3) is 0 Å². The molecule has 4 aromatic rings. The molecule has 5 rings (SSSR count). The van der Waals surface area contributed by atoms with Gasteiger partial charge in [0.15, 0.2) is 0 Å².